The Bertz CT molecular complexity index is 950. The Morgan fingerprint density at radius 1 is 1.12 bits per heavy atom. The molecule has 0 aliphatic heterocycles. The molecule has 0 aliphatic carbocycles. The predicted molar refractivity (Wildman–Crippen MR) is 101 cm³/mol. The molecule has 0 spiro atoms. The molecule has 0 radical (unpaired) electrons. The summed E-state index contributed by atoms with van der Waals surface area (Å²) in [5, 5.41) is 16.4. The van der Waals surface area contributed by atoms with Crippen LogP contribution in [0.4, 0.5) is 5.69 Å². The number of aromatic nitrogens is 2. The smallest absolute Gasteiger partial charge is 0.224 e. The quantitative estimate of drug-likeness (QED) is 0.762. The number of hydrogen-bond donors (Lipinski definition) is 1. The molecule has 0 fully saturated rings. The molecule has 5 heteroatoms. The third-order valence-corrected chi connectivity index (χ3v) is 4.28. The number of nitriles is 1. The summed E-state index contributed by atoms with van der Waals surface area (Å²) in [6.07, 6.45) is 1.00. The van der Waals surface area contributed by atoms with Gasteiger partial charge in [0.1, 0.15) is 0 Å². The Hall–Kier alpha value is -3.39. The predicted octanol–water partition coefficient (Wildman–Crippen LogP) is 3.93. The summed E-state index contributed by atoms with van der Waals surface area (Å²) in [5.41, 5.74) is 5.08. The van der Waals surface area contributed by atoms with Crippen molar-refractivity contribution in [2.45, 2.75) is 26.7 Å². The number of amides is 1. The van der Waals surface area contributed by atoms with E-state index in [9.17, 15) is 4.79 Å². The second-order valence-corrected chi connectivity index (χ2v) is 6.15. The molecule has 26 heavy (non-hydrogen) atoms. The lowest BCUT2D eigenvalue weighted by atomic mass is 10.1. The average Bonchev–Trinajstić information content (AvgIpc) is 2.95. The van der Waals surface area contributed by atoms with Crippen molar-refractivity contribution in [3.8, 4) is 11.8 Å². The molecule has 0 unspecified atom stereocenters. The van der Waals surface area contributed by atoms with Crippen LogP contribution >= 0.6 is 0 Å². The highest BCUT2D eigenvalue weighted by Gasteiger charge is 2.15. The third kappa shape index (κ3) is 3.81. The fraction of sp³-hybridized carbons (Fsp3) is 0.190. The monoisotopic (exact) mass is 344 g/mol. The van der Waals surface area contributed by atoms with Gasteiger partial charge in [0.25, 0.3) is 0 Å². The van der Waals surface area contributed by atoms with Crippen molar-refractivity contribution >= 4 is 11.6 Å². The fourth-order valence-electron chi connectivity index (χ4n) is 2.85. The molecule has 1 heterocycles. The van der Waals surface area contributed by atoms with Gasteiger partial charge in [0, 0.05) is 6.42 Å². The number of nitrogens with zero attached hydrogens (tertiary/aromatic N) is 3. The van der Waals surface area contributed by atoms with Crippen LogP contribution in [-0.4, -0.2) is 15.7 Å². The van der Waals surface area contributed by atoms with Crippen LogP contribution in [0.25, 0.3) is 5.69 Å². The minimum absolute atomic E-state index is 0.0480. The van der Waals surface area contributed by atoms with Crippen LogP contribution in [-0.2, 0) is 11.2 Å². The molecule has 0 saturated carbocycles. The van der Waals surface area contributed by atoms with E-state index in [-0.39, 0.29) is 5.91 Å². The van der Waals surface area contributed by atoms with Gasteiger partial charge in [-0.15, -0.1) is 0 Å². The number of benzene rings is 2. The lowest BCUT2D eigenvalue weighted by Gasteiger charge is -2.07. The molecule has 1 N–H and O–H groups in total. The summed E-state index contributed by atoms with van der Waals surface area (Å²) in [4.78, 5) is 12.4. The van der Waals surface area contributed by atoms with Crippen LogP contribution in [0.1, 0.15) is 28.9 Å². The minimum Gasteiger partial charge on any atom is -0.323 e. The number of para-hydroxylation sites is 1. The Morgan fingerprint density at radius 2 is 1.81 bits per heavy atom. The van der Waals surface area contributed by atoms with E-state index in [1.165, 1.54) is 0 Å². The van der Waals surface area contributed by atoms with E-state index in [1.54, 1.807) is 12.1 Å². The highest BCUT2D eigenvalue weighted by atomic mass is 16.1. The number of hydrogen-bond acceptors (Lipinski definition) is 3. The van der Waals surface area contributed by atoms with Crippen LogP contribution in [0.3, 0.4) is 0 Å². The van der Waals surface area contributed by atoms with Crippen molar-refractivity contribution in [1.82, 2.24) is 9.78 Å². The van der Waals surface area contributed by atoms with Crippen molar-refractivity contribution in [3.05, 3.63) is 77.1 Å². The number of carbonyl (C=O) groups is 1. The molecule has 5 nitrogen and oxygen atoms in total. The zero-order chi connectivity index (χ0) is 18.5. The van der Waals surface area contributed by atoms with Crippen LogP contribution in [0.5, 0.6) is 0 Å². The van der Waals surface area contributed by atoms with Crippen molar-refractivity contribution in [1.29, 1.82) is 5.26 Å². The normalized spacial score (nSPS) is 10.3. The summed E-state index contributed by atoms with van der Waals surface area (Å²) in [5.74, 6) is -0.0480. The highest BCUT2D eigenvalue weighted by molar-refractivity contribution is 5.92. The molecule has 3 rings (SSSR count). The van der Waals surface area contributed by atoms with Crippen molar-refractivity contribution < 1.29 is 4.79 Å². The van der Waals surface area contributed by atoms with Crippen LogP contribution in [0.15, 0.2) is 54.6 Å². The average molecular weight is 344 g/mol. The van der Waals surface area contributed by atoms with Crippen LogP contribution in [0.2, 0.25) is 0 Å². The lowest BCUT2D eigenvalue weighted by Crippen LogP contribution is -2.13. The number of anilines is 1. The number of nitrogens with one attached hydrogen (secondary N) is 1. The zero-order valence-electron chi connectivity index (χ0n) is 14.9. The van der Waals surface area contributed by atoms with Gasteiger partial charge in [-0.3, -0.25) is 4.79 Å². The van der Waals surface area contributed by atoms with Gasteiger partial charge in [0.05, 0.1) is 34.4 Å². The largest absolute Gasteiger partial charge is 0.323 e. The first kappa shape index (κ1) is 17.4. The number of carbonyl (C=O) groups excluding carboxylic acids is 1. The standard InChI is InChI=1S/C21H20N4O/c1-15-21(16(2)25(24-15)19-6-4-3-5-7-19)23-20(26)13-12-17-8-10-18(14-22)11-9-17/h3-11H,12-13H2,1-2H3,(H,23,26). The van der Waals surface area contributed by atoms with E-state index >= 15 is 0 Å². The van der Waals surface area contributed by atoms with Crippen LogP contribution < -0.4 is 5.32 Å². The maximum Gasteiger partial charge on any atom is 0.224 e. The fourth-order valence-corrected chi connectivity index (χ4v) is 2.85. The minimum atomic E-state index is -0.0480. The Labute approximate surface area is 152 Å². The summed E-state index contributed by atoms with van der Waals surface area (Å²) in [6, 6.07) is 19.2. The van der Waals surface area contributed by atoms with Gasteiger partial charge in [0.2, 0.25) is 5.91 Å². The third-order valence-electron chi connectivity index (χ3n) is 4.28. The van der Waals surface area contributed by atoms with E-state index in [2.05, 4.69) is 16.5 Å². The summed E-state index contributed by atoms with van der Waals surface area (Å²) < 4.78 is 1.84. The van der Waals surface area contributed by atoms with Gasteiger partial charge < -0.3 is 5.32 Å². The first-order valence-corrected chi connectivity index (χ1v) is 8.49. The Balaban J connectivity index is 1.67. The van der Waals surface area contributed by atoms with E-state index in [4.69, 9.17) is 5.26 Å². The molecule has 130 valence electrons. The van der Waals surface area contributed by atoms with Crippen molar-refractivity contribution in [2.24, 2.45) is 0 Å². The van der Waals surface area contributed by atoms with Crippen molar-refractivity contribution in [2.75, 3.05) is 5.32 Å². The van der Waals surface area contributed by atoms with Gasteiger partial charge in [-0.05, 0) is 50.1 Å². The lowest BCUT2D eigenvalue weighted by molar-refractivity contribution is -0.116. The SMILES string of the molecule is Cc1nn(-c2ccccc2)c(C)c1NC(=O)CCc1ccc(C#N)cc1. The van der Waals surface area contributed by atoms with Gasteiger partial charge in [-0.1, -0.05) is 30.3 Å². The summed E-state index contributed by atoms with van der Waals surface area (Å²) in [7, 11) is 0. The molecule has 0 atom stereocenters. The first-order chi connectivity index (χ1) is 12.6. The van der Waals surface area contributed by atoms with E-state index < -0.39 is 0 Å². The molecule has 0 aliphatic rings. The maximum absolute atomic E-state index is 12.4. The molecule has 1 aromatic heterocycles. The topological polar surface area (TPSA) is 70.7 Å². The summed E-state index contributed by atoms with van der Waals surface area (Å²) in [6.45, 7) is 3.84. The number of aryl methyl sites for hydroxylation is 2. The van der Waals surface area contributed by atoms with Gasteiger partial charge in [-0.25, -0.2) is 4.68 Å². The Morgan fingerprint density at radius 3 is 2.46 bits per heavy atom. The van der Waals surface area contributed by atoms with Crippen molar-refractivity contribution in [3.63, 3.8) is 0 Å². The number of rotatable bonds is 5. The van der Waals surface area contributed by atoms with Gasteiger partial charge >= 0.3 is 0 Å². The molecule has 0 bridgehead atoms. The maximum atomic E-state index is 12.4. The Kier molecular flexibility index (Phi) is 5.14. The van der Waals surface area contributed by atoms with Gasteiger partial charge in [-0.2, -0.15) is 10.4 Å². The summed E-state index contributed by atoms with van der Waals surface area (Å²) >= 11 is 0. The molecule has 0 saturated heterocycles. The van der Waals surface area contributed by atoms with Gasteiger partial charge in [0.15, 0.2) is 0 Å². The second kappa shape index (κ2) is 7.66. The first-order valence-electron chi connectivity index (χ1n) is 8.49. The van der Waals surface area contributed by atoms with E-state index in [0.29, 0.717) is 18.4 Å². The highest BCUT2D eigenvalue weighted by Crippen LogP contribution is 2.23. The molecule has 2 aromatic carbocycles. The molecular formula is C21H20N4O. The molecular weight excluding hydrogens is 324 g/mol. The second-order valence-electron chi connectivity index (χ2n) is 6.15. The van der Waals surface area contributed by atoms with Crippen LogP contribution in [0, 0.1) is 25.2 Å². The van der Waals surface area contributed by atoms with E-state index in [1.807, 2.05) is 61.0 Å². The molecule has 3 aromatic rings. The molecule has 1 amide bonds. The van der Waals surface area contributed by atoms with E-state index in [0.717, 1.165) is 28.3 Å². The zero-order valence-corrected chi connectivity index (χ0v) is 14.9.